The summed E-state index contributed by atoms with van der Waals surface area (Å²) < 4.78 is 5.16. The molecule has 1 rings (SSSR count). The minimum atomic E-state index is -0.177. The topological polar surface area (TPSA) is 41.9 Å². The summed E-state index contributed by atoms with van der Waals surface area (Å²) in [6, 6.07) is 0. The van der Waals surface area contributed by atoms with Gasteiger partial charge in [-0.05, 0) is 13.8 Å². The monoisotopic (exact) mass is 222 g/mol. The van der Waals surface area contributed by atoms with Crippen molar-refractivity contribution in [1.29, 1.82) is 0 Å². The molecule has 4 nitrogen and oxygen atoms in total. The van der Waals surface area contributed by atoms with E-state index in [0.29, 0.717) is 26.2 Å². The van der Waals surface area contributed by atoms with Crippen molar-refractivity contribution in [3.05, 3.63) is 24.3 Å². The van der Waals surface area contributed by atoms with Crippen molar-refractivity contribution >= 4 is 11.8 Å². The van der Waals surface area contributed by atoms with Gasteiger partial charge in [0, 0.05) is 13.1 Å². The molecule has 0 aliphatic carbocycles. The molecule has 1 aliphatic heterocycles. The highest BCUT2D eigenvalue weighted by atomic mass is 16.5. The number of rotatable bonds is 5. The molecule has 0 aromatic rings. The molecule has 1 heterocycles. The lowest BCUT2D eigenvalue weighted by Gasteiger charge is -2.22. The average molecular weight is 222 g/mol. The molecule has 0 bridgehead atoms. The molecule has 0 atom stereocenters. The number of aliphatic imine (C=N–C) groups is 1. The predicted octanol–water partition coefficient (Wildman–Crippen LogP) is 1.40. The Kier molecular flexibility index (Phi) is 4.28. The third-order valence-corrected chi connectivity index (χ3v) is 1.98. The van der Waals surface area contributed by atoms with Crippen LogP contribution in [-0.4, -0.2) is 42.9 Å². The second-order valence-electron chi connectivity index (χ2n) is 4.11. The van der Waals surface area contributed by atoms with E-state index in [9.17, 15) is 4.79 Å². The molecule has 0 aromatic carbocycles. The Morgan fingerprint density at radius 3 is 2.31 bits per heavy atom. The Hall–Kier alpha value is -1.58. The van der Waals surface area contributed by atoms with Crippen molar-refractivity contribution in [2.75, 3.05) is 26.2 Å². The van der Waals surface area contributed by atoms with Gasteiger partial charge in [0.25, 0.3) is 5.90 Å². The van der Waals surface area contributed by atoms with Crippen molar-refractivity contribution in [3.63, 3.8) is 0 Å². The van der Waals surface area contributed by atoms with Crippen LogP contribution in [0.1, 0.15) is 13.8 Å². The zero-order valence-electron chi connectivity index (χ0n) is 9.95. The van der Waals surface area contributed by atoms with Crippen LogP contribution in [0.15, 0.2) is 29.3 Å². The van der Waals surface area contributed by atoms with E-state index in [1.165, 1.54) is 0 Å². The van der Waals surface area contributed by atoms with Crippen molar-refractivity contribution < 1.29 is 9.53 Å². The quantitative estimate of drug-likeness (QED) is 0.660. The number of carbonyl (C=O) groups is 1. The zero-order valence-corrected chi connectivity index (χ0v) is 9.95. The summed E-state index contributed by atoms with van der Waals surface area (Å²) in [5.41, 5.74) is 1.85. The van der Waals surface area contributed by atoms with E-state index in [0.717, 1.165) is 11.1 Å². The number of hydrogen-bond acceptors (Lipinski definition) is 3. The third kappa shape index (κ3) is 3.53. The van der Waals surface area contributed by atoms with Crippen molar-refractivity contribution in [3.8, 4) is 0 Å². The fraction of sp³-hybridized carbons (Fsp3) is 0.500. The van der Waals surface area contributed by atoms with Crippen LogP contribution < -0.4 is 0 Å². The minimum absolute atomic E-state index is 0.177. The van der Waals surface area contributed by atoms with Crippen LogP contribution in [0.4, 0.5) is 0 Å². The highest BCUT2D eigenvalue weighted by molar-refractivity contribution is 6.35. The van der Waals surface area contributed by atoms with Crippen LogP contribution in [0, 0.1) is 0 Å². The maximum atomic E-state index is 12.0. The van der Waals surface area contributed by atoms with Crippen molar-refractivity contribution in [2.45, 2.75) is 13.8 Å². The maximum Gasteiger partial charge on any atom is 0.309 e. The molecule has 1 aliphatic rings. The molecule has 0 aromatic heterocycles. The summed E-state index contributed by atoms with van der Waals surface area (Å²) in [5, 5.41) is 0. The SMILES string of the molecule is C=C(C)CN(CC(=C)C)C(=O)C1=NCCO1. The van der Waals surface area contributed by atoms with Crippen LogP contribution >= 0.6 is 0 Å². The summed E-state index contributed by atoms with van der Waals surface area (Å²) in [6.45, 7) is 13.5. The summed E-state index contributed by atoms with van der Waals surface area (Å²) in [4.78, 5) is 17.7. The van der Waals surface area contributed by atoms with E-state index in [4.69, 9.17) is 4.74 Å². The molecule has 4 heteroatoms. The fourth-order valence-electron chi connectivity index (χ4n) is 1.45. The fourth-order valence-corrected chi connectivity index (χ4v) is 1.45. The standard InChI is InChI=1S/C12H18N2O2/c1-9(2)7-14(8-10(3)4)12(15)11-13-5-6-16-11/h1,3,5-8H2,2,4H3. The number of amides is 1. The van der Waals surface area contributed by atoms with Gasteiger partial charge >= 0.3 is 5.91 Å². The Labute approximate surface area is 96.3 Å². The second kappa shape index (κ2) is 5.49. The summed E-state index contributed by atoms with van der Waals surface area (Å²) in [6.07, 6.45) is 0. The van der Waals surface area contributed by atoms with E-state index < -0.39 is 0 Å². The number of ether oxygens (including phenoxy) is 1. The number of nitrogens with zero attached hydrogens (tertiary/aromatic N) is 2. The molecule has 16 heavy (non-hydrogen) atoms. The van der Waals surface area contributed by atoms with Crippen molar-refractivity contribution in [2.24, 2.45) is 4.99 Å². The first-order valence-corrected chi connectivity index (χ1v) is 5.26. The Balaban J connectivity index is 2.70. The van der Waals surface area contributed by atoms with Crippen LogP contribution in [-0.2, 0) is 9.53 Å². The third-order valence-electron chi connectivity index (χ3n) is 1.98. The van der Waals surface area contributed by atoms with Gasteiger partial charge in [-0.15, -0.1) is 0 Å². The van der Waals surface area contributed by atoms with Gasteiger partial charge in [0.2, 0.25) is 0 Å². The molecule has 0 unspecified atom stereocenters. The van der Waals surface area contributed by atoms with Crippen molar-refractivity contribution in [1.82, 2.24) is 4.90 Å². The minimum Gasteiger partial charge on any atom is -0.472 e. The van der Waals surface area contributed by atoms with E-state index in [-0.39, 0.29) is 11.8 Å². The first-order valence-electron chi connectivity index (χ1n) is 5.26. The molecular weight excluding hydrogens is 204 g/mol. The van der Waals surface area contributed by atoms with Gasteiger partial charge in [-0.1, -0.05) is 24.3 Å². The van der Waals surface area contributed by atoms with Gasteiger partial charge in [-0.25, -0.2) is 4.99 Å². The highest BCUT2D eigenvalue weighted by Gasteiger charge is 2.23. The Bertz CT molecular complexity index is 329. The molecular formula is C12H18N2O2. The largest absolute Gasteiger partial charge is 0.472 e. The number of carbonyl (C=O) groups excluding carboxylic acids is 1. The molecule has 88 valence electrons. The zero-order chi connectivity index (χ0) is 12.1. The van der Waals surface area contributed by atoms with Crippen LogP contribution in [0.25, 0.3) is 0 Å². The molecule has 0 spiro atoms. The summed E-state index contributed by atoms with van der Waals surface area (Å²) in [7, 11) is 0. The molecule has 0 fully saturated rings. The number of hydrogen-bond donors (Lipinski definition) is 0. The summed E-state index contributed by atoms with van der Waals surface area (Å²) in [5.74, 6) is 0.0333. The normalized spacial score (nSPS) is 14.0. The van der Waals surface area contributed by atoms with Gasteiger partial charge in [-0.2, -0.15) is 0 Å². The lowest BCUT2D eigenvalue weighted by molar-refractivity contribution is -0.124. The second-order valence-corrected chi connectivity index (χ2v) is 4.11. The average Bonchev–Trinajstić information content (AvgIpc) is 2.66. The van der Waals surface area contributed by atoms with E-state index >= 15 is 0 Å². The first-order chi connectivity index (χ1) is 7.50. The first kappa shape index (κ1) is 12.5. The van der Waals surface area contributed by atoms with Gasteiger partial charge in [0.15, 0.2) is 0 Å². The van der Waals surface area contributed by atoms with Gasteiger partial charge in [0.1, 0.15) is 6.61 Å². The molecule has 0 saturated carbocycles. The maximum absolute atomic E-state index is 12.0. The van der Waals surface area contributed by atoms with Crippen LogP contribution in [0.5, 0.6) is 0 Å². The molecule has 0 saturated heterocycles. The lowest BCUT2D eigenvalue weighted by atomic mass is 10.2. The van der Waals surface area contributed by atoms with Gasteiger partial charge < -0.3 is 9.64 Å². The predicted molar refractivity (Wildman–Crippen MR) is 64.5 cm³/mol. The smallest absolute Gasteiger partial charge is 0.309 e. The van der Waals surface area contributed by atoms with Crippen LogP contribution in [0.2, 0.25) is 0 Å². The highest BCUT2D eigenvalue weighted by Crippen LogP contribution is 2.05. The van der Waals surface area contributed by atoms with E-state index in [1.807, 2.05) is 13.8 Å². The molecule has 0 radical (unpaired) electrons. The Morgan fingerprint density at radius 2 is 1.94 bits per heavy atom. The molecule has 1 amide bonds. The van der Waals surface area contributed by atoms with Crippen LogP contribution in [0.3, 0.4) is 0 Å². The lowest BCUT2D eigenvalue weighted by Crippen LogP contribution is -2.38. The summed E-state index contributed by atoms with van der Waals surface area (Å²) >= 11 is 0. The Morgan fingerprint density at radius 1 is 1.38 bits per heavy atom. The van der Waals surface area contributed by atoms with Gasteiger partial charge in [-0.3, -0.25) is 4.79 Å². The van der Waals surface area contributed by atoms with Gasteiger partial charge in [0.05, 0.1) is 6.54 Å². The van der Waals surface area contributed by atoms with E-state index in [1.54, 1.807) is 4.90 Å². The molecule has 0 N–H and O–H groups in total. The van der Waals surface area contributed by atoms with E-state index in [2.05, 4.69) is 18.2 Å².